The van der Waals surface area contributed by atoms with E-state index >= 15 is 0 Å². The van der Waals surface area contributed by atoms with Crippen molar-refractivity contribution in [1.29, 1.82) is 0 Å². The van der Waals surface area contributed by atoms with E-state index in [2.05, 4.69) is 0 Å². The van der Waals surface area contributed by atoms with Crippen molar-refractivity contribution >= 4 is 40.2 Å². The van der Waals surface area contributed by atoms with Gasteiger partial charge in [-0.2, -0.15) is 0 Å². The third-order valence-electron chi connectivity index (χ3n) is 2.12. The molecule has 0 saturated carbocycles. The molecule has 6 heteroatoms. The van der Waals surface area contributed by atoms with Gasteiger partial charge in [0.15, 0.2) is 0 Å². The van der Waals surface area contributed by atoms with E-state index in [0.29, 0.717) is 17.5 Å². The average molecular weight is 261 g/mol. The number of esters is 1. The highest BCUT2D eigenvalue weighted by atomic mass is 32.2. The monoisotopic (exact) mass is 261 g/mol. The van der Waals surface area contributed by atoms with Crippen LogP contribution in [-0.4, -0.2) is 40.0 Å². The minimum Gasteiger partial charge on any atom is -0.466 e. The van der Waals surface area contributed by atoms with Gasteiger partial charge in [0.05, 0.1) is 13.0 Å². The quantitative estimate of drug-likeness (QED) is 0.568. The van der Waals surface area contributed by atoms with Crippen LogP contribution in [0.4, 0.5) is 0 Å². The Morgan fingerprint density at radius 1 is 1.50 bits per heavy atom. The van der Waals surface area contributed by atoms with Crippen LogP contribution in [0.25, 0.3) is 0 Å². The largest absolute Gasteiger partial charge is 0.466 e. The molecule has 1 amide bonds. The van der Waals surface area contributed by atoms with E-state index in [1.54, 1.807) is 11.8 Å². The fraction of sp³-hybridized carbons (Fsp3) is 0.700. The molecule has 90 valence electrons. The van der Waals surface area contributed by atoms with Gasteiger partial charge in [-0.25, -0.2) is 0 Å². The standard InChI is InChI=1S/C10H15NO3S2/c1-2-14-9(13)5-4-8(12)11-6-3-7-16-10(11)15/h2-7H2,1H3. The number of rotatable bonds is 4. The van der Waals surface area contributed by atoms with Crippen LogP contribution in [0, 0.1) is 0 Å². The molecule has 0 aromatic heterocycles. The topological polar surface area (TPSA) is 46.6 Å². The first kappa shape index (κ1) is 13.4. The Hall–Kier alpha value is -0.620. The molecule has 0 unspecified atom stereocenters. The summed E-state index contributed by atoms with van der Waals surface area (Å²) in [7, 11) is 0. The molecular formula is C10H15NO3S2. The van der Waals surface area contributed by atoms with Crippen LogP contribution in [0.1, 0.15) is 26.2 Å². The number of hydrogen-bond donors (Lipinski definition) is 0. The van der Waals surface area contributed by atoms with Crippen molar-refractivity contribution in [2.24, 2.45) is 0 Å². The Morgan fingerprint density at radius 2 is 2.25 bits per heavy atom. The van der Waals surface area contributed by atoms with Crippen molar-refractivity contribution in [1.82, 2.24) is 4.90 Å². The van der Waals surface area contributed by atoms with Crippen LogP contribution in [0.5, 0.6) is 0 Å². The van der Waals surface area contributed by atoms with E-state index in [4.69, 9.17) is 17.0 Å². The lowest BCUT2D eigenvalue weighted by molar-refractivity contribution is -0.145. The molecule has 1 aliphatic heterocycles. The first-order valence-electron chi connectivity index (χ1n) is 5.28. The number of carbonyl (C=O) groups excluding carboxylic acids is 2. The molecule has 0 aromatic rings. The van der Waals surface area contributed by atoms with Crippen LogP contribution < -0.4 is 0 Å². The zero-order chi connectivity index (χ0) is 12.0. The first-order chi connectivity index (χ1) is 7.65. The Balaban J connectivity index is 2.33. The molecule has 1 saturated heterocycles. The number of thiocarbonyl (C=S) groups is 1. The fourth-order valence-corrected chi connectivity index (χ4v) is 2.60. The highest BCUT2D eigenvalue weighted by molar-refractivity contribution is 8.23. The molecule has 1 rings (SSSR count). The van der Waals surface area contributed by atoms with Gasteiger partial charge >= 0.3 is 5.97 Å². The molecule has 1 fully saturated rings. The maximum Gasteiger partial charge on any atom is 0.306 e. The Morgan fingerprint density at radius 3 is 2.88 bits per heavy atom. The lowest BCUT2D eigenvalue weighted by atomic mass is 10.2. The minimum absolute atomic E-state index is 0.0785. The lowest BCUT2D eigenvalue weighted by Gasteiger charge is -2.26. The first-order valence-corrected chi connectivity index (χ1v) is 6.67. The second-order valence-corrected chi connectivity index (χ2v) is 5.05. The van der Waals surface area contributed by atoms with E-state index in [1.165, 1.54) is 11.8 Å². The summed E-state index contributed by atoms with van der Waals surface area (Å²) in [4.78, 5) is 24.4. The van der Waals surface area contributed by atoms with Gasteiger partial charge in [-0.1, -0.05) is 24.0 Å². The second kappa shape index (κ2) is 6.85. The van der Waals surface area contributed by atoms with Gasteiger partial charge in [0, 0.05) is 18.7 Å². The van der Waals surface area contributed by atoms with Crippen molar-refractivity contribution < 1.29 is 14.3 Å². The zero-order valence-corrected chi connectivity index (χ0v) is 10.9. The van der Waals surface area contributed by atoms with Crippen molar-refractivity contribution in [2.45, 2.75) is 26.2 Å². The molecule has 0 spiro atoms. The number of hydrogen-bond acceptors (Lipinski definition) is 5. The summed E-state index contributed by atoms with van der Waals surface area (Å²) in [5.74, 6) is 0.567. The molecule has 16 heavy (non-hydrogen) atoms. The van der Waals surface area contributed by atoms with Gasteiger partial charge in [-0.3, -0.25) is 14.5 Å². The second-order valence-electron chi connectivity index (χ2n) is 3.32. The van der Waals surface area contributed by atoms with Crippen LogP contribution >= 0.6 is 24.0 Å². The van der Waals surface area contributed by atoms with Crippen LogP contribution in [0.2, 0.25) is 0 Å². The molecule has 0 atom stereocenters. The van der Waals surface area contributed by atoms with Crippen LogP contribution in [0.3, 0.4) is 0 Å². The molecule has 0 radical (unpaired) electrons. The maximum atomic E-state index is 11.7. The van der Waals surface area contributed by atoms with Crippen molar-refractivity contribution in [3.8, 4) is 0 Å². The van der Waals surface area contributed by atoms with E-state index in [-0.39, 0.29) is 24.7 Å². The van der Waals surface area contributed by atoms with Crippen molar-refractivity contribution in [3.05, 3.63) is 0 Å². The average Bonchev–Trinajstić information content (AvgIpc) is 2.27. The summed E-state index contributed by atoms with van der Waals surface area (Å²) >= 11 is 6.61. The molecule has 0 aromatic carbocycles. The van der Waals surface area contributed by atoms with Gasteiger partial charge in [0.2, 0.25) is 5.91 Å². The normalized spacial score (nSPS) is 16.1. The summed E-state index contributed by atoms with van der Waals surface area (Å²) in [6.45, 7) is 2.77. The molecule has 1 heterocycles. The molecule has 1 aliphatic rings. The molecule has 0 aliphatic carbocycles. The van der Waals surface area contributed by atoms with Gasteiger partial charge in [0.1, 0.15) is 4.32 Å². The minimum atomic E-state index is -0.327. The van der Waals surface area contributed by atoms with Crippen molar-refractivity contribution in [3.63, 3.8) is 0 Å². The maximum absolute atomic E-state index is 11.7. The molecule has 0 bridgehead atoms. The van der Waals surface area contributed by atoms with E-state index in [0.717, 1.165) is 12.2 Å². The third-order valence-corrected chi connectivity index (χ3v) is 3.66. The lowest BCUT2D eigenvalue weighted by Crippen LogP contribution is -2.38. The number of carbonyl (C=O) groups is 2. The van der Waals surface area contributed by atoms with Crippen LogP contribution in [-0.2, 0) is 14.3 Å². The van der Waals surface area contributed by atoms with Crippen LogP contribution in [0.15, 0.2) is 0 Å². The predicted octanol–water partition coefficient (Wildman–Crippen LogP) is 1.58. The predicted molar refractivity (Wildman–Crippen MR) is 67.3 cm³/mol. The fourth-order valence-electron chi connectivity index (χ4n) is 1.35. The summed E-state index contributed by atoms with van der Waals surface area (Å²) < 4.78 is 5.38. The van der Waals surface area contributed by atoms with Gasteiger partial charge < -0.3 is 4.74 Å². The molecule has 4 nitrogen and oxygen atoms in total. The van der Waals surface area contributed by atoms with E-state index in [9.17, 15) is 9.59 Å². The number of amides is 1. The Bertz CT molecular complexity index is 294. The highest BCUT2D eigenvalue weighted by Crippen LogP contribution is 2.18. The highest BCUT2D eigenvalue weighted by Gasteiger charge is 2.22. The summed E-state index contributed by atoms with van der Waals surface area (Å²) in [5.41, 5.74) is 0. The number of thioether (sulfide) groups is 1. The van der Waals surface area contributed by atoms with Gasteiger partial charge in [-0.05, 0) is 13.3 Å². The van der Waals surface area contributed by atoms with Gasteiger partial charge in [0.25, 0.3) is 0 Å². The number of nitrogens with zero attached hydrogens (tertiary/aromatic N) is 1. The Kier molecular flexibility index (Phi) is 5.76. The van der Waals surface area contributed by atoms with Crippen molar-refractivity contribution in [2.75, 3.05) is 18.9 Å². The Labute approximate surface area is 105 Å². The zero-order valence-electron chi connectivity index (χ0n) is 9.23. The van der Waals surface area contributed by atoms with E-state index in [1.807, 2.05) is 0 Å². The third kappa shape index (κ3) is 4.09. The molecular weight excluding hydrogens is 246 g/mol. The van der Waals surface area contributed by atoms with Gasteiger partial charge in [-0.15, -0.1) is 0 Å². The van der Waals surface area contributed by atoms with E-state index < -0.39 is 0 Å². The SMILES string of the molecule is CCOC(=O)CCC(=O)N1CCCSC1=S. The summed E-state index contributed by atoms with van der Waals surface area (Å²) in [6, 6.07) is 0. The smallest absolute Gasteiger partial charge is 0.306 e. The summed E-state index contributed by atoms with van der Waals surface area (Å²) in [5, 5.41) is 0. The number of ether oxygens (including phenoxy) is 1. The molecule has 0 N–H and O–H groups in total. The summed E-state index contributed by atoms with van der Waals surface area (Å²) in [6.07, 6.45) is 1.27.